The summed E-state index contributed by atoms with van der Waals surface area (Å²) in [5.74, 6) is 1.27. The van der Waals surface area contributed by atoms with E-state index in [-0.39, 0.29) is 24.8 Å². The maximum Gasteiger partial charge on any atom is 0.328 e. The maximum absolute atomic E-state index is 13.2. The van der Waals surface area contributed by atoms with Crippen LogP contribution in [0.25, 0.3) is 0 Å². The molecule has 3 saturated heterocycles. The number of fused-ring (bicyclic) bond motifs is 3. The summed E-state index contributed by atoms with van der Waals surface area (Å²) in [6.07, 6.45) is 1.84. The van der Waals surface area contributed by atoms with Gasteiger partial charge in [-0.3, -0.25) is 19.9 Å². The third-order valence-electron chi connectivity index (χ3n) is 5.88. The number of rotatable bonds is 5. The highest BCUT2D eigenvalue weighted by Gasteiger charge is 2.56. The standard InChI is InChI=1S/C20H27N5O4/c1-5-9-25-18(26)16-17(22(2)20(25)27)21-19-23(10-6-11-24(16)19)14-12-13(28-3)7-8-15(14)29-4/h5,7-8,12,16-17,19,21H,1,6,9-11H2,2-4H3. The van der Waals surface area contributed by atoms with E-state index in [1.807, 2.05) is 18.2 Å². The number of hydrogen-bond acceptors (Lipinski definition) is 7. The minimum absolute atomic E-state index is 0.188. The zero-order valence-electron chi connectivity index (χ0n) is 17.0. The Bertz CT molecular complexity index is 831. The van der Waals surface area contributed by atoms with Crippen LogP contribution in [0.2, 0.25) is 0 Å². The normalized spacial score (nSPS) is 27.0. The van der Waals surface area contributed by atoms with Crippen LogP contribution in [0.3, 0.4) is 0 Å². The summed E-state index contributed by atoms with van der Waals surface area (Å²) in [6.45, 7) is 5.43. The molecule has 156 valence electrons. The first-order valence-corrected chi connectivity index (χ1v) is 9.71. The molecule has 0 spiro atoms. The van der Waals surface area contributed by atoms with Gasteiger partial charge in [0.05, 0.1) is 19.9 Å². The Balaban J connectivity index is 1.70. The van der Waals surface area contributed by atoms with Gasteiger partial charge < -0.3 is 19.3 Å². The van der Waals surface area contributed by atoms with Crippen molar-refractivity contribution in [1.29, 1.82) is 0 Å². The van der Waals surface area contributed by atoms with Crippen molar-refractivity contribution in [3.8, 4) is 11.5 Å². The van der Waals surface area contributed by atoms with Gasteiger partial charge in [0.25, 0.3) is 5.91 Å². The van der Waals surface area contributed by atoms with Gasteiger partial charge in [-0.25, -0.2) is 4.79 Å². The van der Waals surface area contributed by atoms with Crippen molar-refractivity contribution in [2.24, 2.45) is 0 Å². The Hall–Kier alpha value is -2.78. The lowest BCUT2D eigenvalue weighted by atomic mass is 10.1. The Labute approximate surface area is 170 Å². The van der Waals surface area contributed by atoms with Gasteiger partial charge in [0.2, 0.25) is 0 Å². The highest BCUT2D eigenvalue weighted by atomic mass is 16.5. The van der Waals surface area contributed by atoms with Crippen LogP contribution in [-0.2, 0) is 4.79 Å². The van der Waals surface area contributed by atoms with E-state index >= 15 is 0 Å². The third kappa shape index (κ3) is 3.01. The first-order chi connectivity index (χ1) is 14.0. The second kappa shape index (κ2) is 7.57. The number of hydrogen-bond donors (Lipinski definition) is 1. The molecule has 1 aromatic carbocycles. The molecule has 4 rings (SSSR count). The number of imide groups is 1. The van der Waals surface area contributed by atoms with E-state index in [1.54, 1.807) is 32.2 Å². The molecule has 3 aliphatic heterocycles. The van der Waals surface area contributed by atoms with E-state index in [1.165, 1.54) is 4.90 Å². The molecule has 3 aliphatic rings. The minimum atomic E-state index is -0.443. The van der Waals surface area contributed by atoms with Crippen LogP contribution in [0, 0.1) is 0 Å². The van der Waals surface area contributed by atoms with Crippen molar-refractivity contribution in [2.75, 3.05) is 45.8 Å². The van der Waals surface area contributed by atoms with Crippen LogP contribution in [0.15, 0.2) is 30.9 Å². The number of benzene rings is 1. The molecule has 0 aromatic heterocycles. The van der Waals surface area contributed by atoms with Gasteiger partial charge >= 0.3 is 6.03 Å². The fraction of sp³-hybridized carbons (Fsp3) is 0.500. The van der Waals surface area contributed by atoms with Crippen LogP contribution in [0.5, 0.6) is 11.5 Å². The van der Waals surface area contributed by atoms with Crippen molar-refractivity contribution in [1.82, 2.24) is 20.0 Å². The fourth-order valence-electron chi connectivity index (χ4n) is 4.48. The molecule has 0 radical (unpaired) electrons. The van der Waals surface area contributed by atoms with E-state index in [0.717, 1.165) is 36.7 Å². The predicted octanol–water partition coefficient (Wildman–Crippen LogP) is 0.877. The average Bonchev–Trinajstić information content (AvgIpc) is 3.14. The summed E-state index contributed by atoms with van der Waals surface area (Å²) in [7, 11) is 4.99. The molecule has 29 heavy (non-hydrogen) atoms. The van der Waals surface area contributed by atoms with Crippen molar-refractivity contribution in [3.63, 3.8) is 0 Å². The lowest BCUT2D eigenvalue weighted by Gasteiger charge is -2.44. The molecule has 3 fully saturated rings. The molecule has 3 atom stereocenters. The predicted molar refractivity (Wildman–Crippen MR) is 108 cm³/mol. The molecule has 0 bridgehead atoms. The van der Waals surface area contributed by atoms with Crippen LogP contribution in [0.1, 0.15) is 6.42 Å². The molecule has 9 heteroatoms. The first kappa shape index (κ1) is 19.5. The number of methoxy groups -OCH3 is 2. The van der Waals surface area contributed by atoms with Crippen LogP contribution >= 0.6 is 0 Å². The van der Waals surface area contributed by atoms with Gasteiger partial charge in [-0.05, 0) is 18.6 Å². The fourth-order valence-corrected chi connectivity index (χ4v) is 4.48. The number of nitrogens with one attached hydrogen (secondary N) is 1. The highest BCUT2D eigenvalue weighted by Crippen LogP contribution is 2.38. The van der Waals surface area contributed by atoms with E-state index in [0.29, 0.717) is 0 Å². The largest absolute Gasteiger partial charge is 0.497 e. The molecular weight excluding hydrogens is 374 g/mol. The summed E-state index contributed by atoms with van der Waals surface area (Å²) in [6, 6.07) is 4.92. The summed E-state index contributed by atoms with van der Waals surface area (Å²) in [4.78, 5) is 33.0. The number of carbonyl (C=O) groups is 2. The highest BCUT2D eigenvalue weighted by molar-refractivity contribution is 6.00. The van der Waals surface area contributed by atoms with Gasteiger partial charge in [0.1, 0.15) is 30.0 Å². The van der Waals surface area contributed by atoms with Crippen molar-refractivity contribution < 1.29 is 19.1 Å². The molecule has 1 aromatic rings. The van der Waals surface area contributed by atoms with Gasteiger partial charge in [-0.1, -0.05) is 6.08 Å². The van der Waals surface area contributed by atoms with E-state index in [4.69, 9.17) is 9.47 Å². The maximum atomic E-state index is 13.2. The van der Waals surface area contributed by atoms with E-state index in [9.17, 15) is 9.59 Å². The molecule has 9 nitrogen and oxygen atoms in total. The molecule has 0 aliphatic carbocycles. The van der Waals surface area contributed by atoms with Crippen LogP contribution in [0.4, 0.5) is 10.5 Å². The molecule has 0 saturated carbocycles. The van der Waals surface area contributed by atoms with E-state index in [2.05, 4.69) is 21.7 Å². The molecule has 3 heterocycles. The minimum Gasteiger partial charge on any atom is -0.497 e. The zero-order valence-corrected chi connectivity index (χ0v) is 17.0. The van der Waals surface area contributed by atoms with Crippen LogP contribution in [-0.4, -0.2) is 86.0 Å². The monoisotopic (exact) mass is 401 g/mol. The van der Waals surface area contributed by atoms with Crippen molar-refractivity contribution >= 4 is 17.6 Å². The van der Waals surface area contributed by atoms with Crippen LogP contribution < -0.4 is 19.7 Å². The van der Waals surface area contributed by atoms with Gasteiger partial charge in [0, 0.05) is 32.7 Å². The van der Waals surface area contributed by atoms with Gasteiger partial charge in [-0.15, -0.1) is 6.58 Å². The molecule has 1 N–H and O–H groups in total. The number of urea groups is 1. The quantitative estimate of drug-likeness (QED) is 0.734. The SMILES string of the molecule is C=CCN1C(=O)C2C(NC3N(c4cc(OC)ccc4OC)CCCN23)N(C)C1=O. The molecule has 3 unspecified atom stereocenters. The number of ether oxygens (including phenoxy) is 2. The summed E-state index contributed by atoms with van der Waals surface area (Å²) < 4.78 is 11.0. The molecular formula is C20H27N5O4. The Morgan fingerprint density at radius 1 is 1.24 bits per heavy atom. The van der Waals surface area contributed by atoms with Crippen molar-refractivity contribution in [3.05, 3.63) is 30.9 Å². The Kier molecular flexibility index (Phi) is 5.10. The Morgan fingerprint density at radius 3 is 2.72 bits per heavy atom. The number of carbonyl (C=O) groups excluding carboxylic acids is 2. The number of anilines is 1. The number of amides is 3. The lowest BCUT2D eigenvalue weighted by molar-refractivity contribution is -0.138. The lowest BCUT2D eigenvalue weighted by Crippen LogP contribution is -2.66. The topological polar surface area (TPSA) is 77.6 Å². The number of nitrogens with zero attached hydrogens (tertiary/aromatic N) is 4. The molecule has 3 amide bonds. The first-order valence-electron chi connectivity index (χ1n) is 9.71. The van der Waals surface area contributed by atoms with E-state index < -0.39 is 12.2 Å². The second-order valence-electron chi connectivity index (χ2n) is 7.38. The third-order valence-corrected chi connectivity index (χ3v) is 5.88. The Morgan fingerprint density at radius 2 is 2.03 bits per heavy atom. The average molecular weight is 401 g/mol. The number of likely N-dealkylation sites (N-methyl/N-ethyl adjacent to an activating group) is 1. The summed E-state index contributed by atoms with van der Waals surface area (Å²) in [5.41, 5.74) is 0.886. The van der Waals surface area contributed by atoms with Crippen molar-refractivity contribution in [2.45, 2.75) is 24.9 Å². The summed E-state index contributed by atoms with van der Waals surface area (Å²) >= 11 is 0. The second-order valence-corrected chi connectivity index (χ2v) is 7.38. The zero-order chi connectivity index (χ0) is 20.7. The van der Waals surface area contributed by atoms with Gasteiger partial charge in [0.15, 0.2) is 0 Å². The van der Waals surface area contributed by atoms with Gasteiger partial charge in [-0.2, -0.15) is 0 Å². The smallest absolute Gasteiger partial charge is 0.328 e. The summed E-state index contributed by atoms with van der Waals surface area (Å²) in [5, 5.41) is 3.49.